The largest absolute Gasteiger partial charge is 0.453 e. The first-order valence-electron chi connectivity index (χ1n) is 7.06. The molecule has 1 aliphatic heterocycles. The Bertz CT molecular complexity index is 616. The zero-order valence-corrected chi connectivity index (χ0v) is 12.8. The number of anilines is 2. The molecule has 0 saturated carbocycles. The standard InChI is InChI=1S/C18H21NO/c1-12-6-8-16-14(10-12)19(18(3,4)5)15-11-13(2)7-9-17(15)20-16/h6-11H,1-5H3. The van der Waals surface area contributed by atoms with E-state index in [9.17, 15) is 0 Å². The molecule has 1 aliphatic rings. The van der Waals surface area contributed by atoms with E-state index in [1.165, 1.54) is 11.1 Å². The van der Waals surface area contributed by atoms with E-state index < -0.39 is 0 Å². The van der Waals surface area contributed by atoms with E-state index in [0.29, 0.717) is 0 Å². The van der Waals surface area contributed by atoms with Gasteiger partial charge in [0.1, 0.15) is 0 Å². The monoisotopic (exact) mass is 267 g/mol. The third kappa shape index (κ3) is 2.05. The molecule has 0 aromatic heterocycles. The second-order valence-electron chi connectivity index (χ2n) is 6.55. The van der Waals surface area contributed by atoms with Crippen LogP contribution in [0, 0.1) is 13.8 Å². The number of fused-ring (bicyclic) bond motifs is 2. The van der Waals surface area contributed by atoms with Crippen molar-refractivity contribution in [1.29, 1.82) is 0 Å². The Morgan fingerprint density at radius 2 is 1.25 bits per heavy atom. The van der Waals surface area contributed by atoms with Crippen molar-refractivity contribution in [3.63, 3.8) is 0 Å². The second-order valence-corrected chi connectivity index (χ2v) is 6.55. The molecule has 2 nitrogen and oxygen atoms in total. The van der Waals surface area contributed by atoms with E-state index in [1.54, 1.807) is 0 Å². The van der Waals surface area contributed by atoms with Crippen LogP contribution in [0.1, 0.15) is 31.9 Å². The number of nitrogens with zero attached hydrogens (tertiary/aromatic N) is 1. The fraction of sp³-hybridized carbons (Fsp3) is 0.333. The Morgan fingerprint density at radius 3 is 1.65 bits per heavy atom. The maximum absolute atomic E-state index is 6.07. The molecule has 104 valence electrons. The molecule has 0 unspecified atom stereocenters. The number of hydrogen-bond donors (Lipinski definition) is 0. The maximum Gasteiger partial charge on any atom is 0.151 e. The SMILES string of the molecule is Cc1ccc2c(c1)N(C(C)(C)C)c1cc(C)ccc1O2. The summed E-state index contributed by atoms with van der Waals surface area (Å²) in [4.78, 5) is 2.38. The molecular weight excluding hydrogens is 246 g/mol. The van der Waals surface area contributed by atoms with Gasteiger partial charge in [0.25, 0.3) is 0 Å². The van der Waals surface area contributed by atoms with Crippen LogP contribution < -0.4 is 9.64 Å². The highest BCUT2D eigenvalue weighted by molar-refractivity contribution is 5.80. The van der Waals surface area contributed by atoms with E-state index in [2.05, 4.69) is 75.9 Å². The van der Waals surface area contributed by atoms with Gasteiger partial charge >= 0.3 is 0 Å². The van der Waals surface area contributed by atoms with Gasteiger partial charge in [-0.3, -0.25) is 0 Å². The van der Waals surface area contributed by atoms with Crippen LogP contribution in [-0.4, -0.2) is 5.54 Å². The molecule has 0 atom stereocenters. The van der Waals surface area contributed by atoms with E-state index in [4.69, 9.17) is 4.74 Å². The molecule has 0 spiro atoms. The minimum absolute atomic E-state index is 0.00509. The molecule has 0 saturated heterocycles. The summed E-state index contributed by atoms with van der Waals surface area (Å²) >= 11 is 0. The number of aryl methyl sites for hydroxylation is 2. The van der Waals surface area contributed by atoms with Gasteiger partial charge in [0.2, 0.25) is 0 Å². The molecule has 3 rings (SSSR count). The van der Waals surface area contributed by atoms with Crippen molar-refractivity contribution >= 4 is 11.4 Å². The van der Waals surface area contributed by atoms with E-state index in [1.807, 2.05) is 0 Å². The van der Waals surface area contributed by atoms with Gasteiger partial charge in [-0.25, -0.2) is 0 Å². The highest BCUT2D eigenvalue weighted by Crippen LogP contribution is 2.50. The summed E-state index contributed by atoms with van der Waals surface area (Å²) in [7, 11) is 0. The first-order valence-corrected chi connectivity index (χ1v) is 7.06. The van der Waals surface area contributed by atoms with Crippen LogP contribution in [0.2, 0.25) is 0 Å². The first-order chi connectivity index (χ1) is 9.36. The molecule has 2 heteroatoms. The predicted molar refractivity (Wildman–Crippen MR) is 84.3 cm³/mol. The zero-order chi connectivity index (χ0) is 14.5. The van der Waals surface area contributed by atoms with Gasteiger partial charge in [0.15, 0.2) is 11.5 Å². The minimum Gasteiger partial charge on any atom is -0.453 e. The topological polar surface area (TPSA) is 12.5 Å². The molecule has 0 aliphatic carbocycles. The van der Waals surface area contributed by atoms with E-state index in [-0.39, 0.29) is 5.54 Å². The lowest BCUT2D eigenvalue weighted by molar-refractivity contribution is 0.451. The van der Waals surface area contributed by atoms with Crippen molar-refractivity contribution in [1.82, 2.24) is 0 Å². The van der Waals surface area contributed by atoms with Gasteiger partial charge < -0.3 is 9.64 Å². The fourth-order valence-corrected chi connectivity index (χ4v) is 2.75. The number of ether oxygens (including phenoxy) is 1. The summed E-state index contributed by atoms with van der Waals surface area (Å²) in [5.41, 5.74) is 4.79. The van der Waals surface area contributed by atoms with Gasteiger partial charge in [-0.15, -0.1) is 0 Å². The van der Waals surface area contributed by atoms with Gasteiger partial charge in [-0.1, -0.05) is 12.1 Å². The summed E-state index contributed by atoms with van der Waals surface area (Å²) < 4.78 is 6.07. The quantitative estimate of drug-likeness (QED) is 0.638. The smallest absolute Gasteiger partial charge is 0.151 e. The first kappa shape index (κ1) is 13.0. The number of hydrogen-bond acceptors (Lipinski definition) is 2. The molecule has 0 bridgehead atoms. The number of rotatable bonds is 0. The Hall–Kier alpha value is -1.96. The van der Waals surface area contributed by atoms with Crippen molar-refractivity contribution in [2.75, 3.05) is 4.90 Å². The molecule has 0 N–H and O–H groups in total. The summed E-state index contributed by atoms with van der Waals surface area (Å²) in [6, 6.07) is 12.7. The predicted octanol–water partition coefficient (Wildman–Crippen LogP) is 5.35. The Labute approximate surface area is 121 Å². The van der Waals surface area contributed by atoms with Crippen LogP contribution >= 0.6 is 0 Å². The molecule has 2 aromatic rings. The molecule has 0 amide bonds. The van der Waals surface area contributed by atoms with Gasteiger partial charge in [-0.05, 0) is 70.0 Å². The van der Waals surface area contributed by atoms with Crippen molar-refractivity contribution in [3.8, 4) is 11.5 Å². The highest BCUT2D eigenvalue weighted by Gasteiger charge is 2.32. The lowest BCUT2D eigenvalue weighted by Gasteiger charge is -2.42. The van der Waals surface area contributed by atoms with Gasteiger partial charge in [0.05, 0.1) is 11.4 Å². The minimum atomic E-state index is -0.00509. The number of benzene rings is 2. The summed E-state index contributed by atoms with van der Waals surface area (Å²) in [6.45, 7) is 10.9. The third-order valence-corrected chi connectivity index (χ3v) is 3.60. The van der Waals surface area contributed by atoms with Crippen molar-refractivity contribution in [2.45, 2.75) is 40.2 Å². The normalized spacial score (nSPS) is 13.6. The molecule has 0 radical (unpaired) electrons. The second kappa shape index (κ2) is 4.27. The summed E-state index contributed by atoms with van der Waals surface area (Å²) in [6.07, 6.45) is 0. The van der Waals surface area contributed by atoms with Crippen LogP contribution in [0.5, 0.6) is 11.5 Å². The highest BCUT2D eigenvalue weighted by atomic mass is 16.5. The molecule has 2 aromatic carbocycles. The zero-order valence-electron chi connectivity index (χ0n) is 12.8. The molecule has 20 heavy (non-hydrogen) atoms. The van der Waals surface area contributed by atoms with Crippen molar-refractivity contribution < 1.29 is 4.74 Å². The average Bonchev–Trinajstić information content (AvgIpc) is 2.34. The van der Waals surface area contributed by atoms with Crippen LogP contribution in [-0.2, 0) is 0 Å². The summed E-state index contributed by atoms with van der Waals surface area (Å²) in [5, 5.41) is 0. The van der Waals surface area contributed by atoms with E-state index >= 15 is 0 Å². The van der Waals surface area contributed by atoms with Crippen molar-refractivity contribution in [3.05, 3.63) is 47.5 Å². The lowest BCUT2D eigenvalue weighted by atomic mass is 9.99. The third-order valence-electron chi connectivity index (χ3n) is 3.60. The van der Waals surface area contributed by atoms with Gasteiger partial charge in [-0.2, -0.15) is 0 Å². The van der Waals surface area contributed by atoms with Crippen LogP contribution in [0.25, 0.3) is 0 Å². The lowest BCUT2D eigenvalue weighted by Crippen LogP contribution is -2.39. The molecule has 0 fully saturated rings. The Kier molecular flexibility index (Phi) is 2.79. The Morgan fingerprint density at radius 1 is 0.800 bits per heavy atom. The van der Waals surface area contributed by atoms with Crippen LogP contribution in [0.15, 0.2) is 36.4 Å². The van der Waals surface area contributed by atoms with Crippen LogP contribution in [0.3, 0.4) is 0 Å². The van der Waals surface area contributed by atoms with E-state index in [0.717, 1.165) is 22.9 Å². The van der Waals surface area contributed by atoms with Crippen LogP contribution in [0.4, 0.5) is 11.4 Å². The van der Waals surface area contributed by atoms with Gasteiger partial charge in [0, 0.05) is 5.54 Å². The average molecular weight is 267 g/mol. The Balaban J connectivity index is 2.26. The maximum atomic E-state index is 6.07. The molecule has 1 heterocycles. The fourth-order valence-electron chi connectivity index (χ4n) is 2.75. The van der Waals surface area contributed by atoms with Crippen molar-refractivity contribution in [2.24, 2.45) is 0 Å². The summed E-state index contributed by atoms with van der Waals surface area (Å²) in [5.74, 6) is 1.86. The molecular formula is C18H21NO.